The third-order valence-corrected chi connectivity index (χ3v) is 17.0. The minimum absolute atomic E-state index is 0.0318. The van der Waals surface area contributed by atoms with Crippen molar-refractivity contribution in [1.82, 2.24) is 9.78 Å². The van der Waals surface area contributed by atoms with Crippen LogP contribution >= 0.6 is 7.37 Å². The van der Waals surface area contributed by atoms with Crippen LogP contribution in [-0.2, 0) is 24.7 Å². The van der Waals surface area contributed by atoms with E-state index < -0.39 is 32.8 Å². The Hall–Kier alpha value is -4.14. The summed E-state index contributed by atoms with van der Waals surface area (Å²) in [6, 6.07) is 36.1. The van der Waals surface area contributed by atoms with Gasteiger partial charge in [-0.05, 0) is 64.1 Å². The molecule has 1 aromatic heterocycles. The minimum atomic E-state index is -3.49. The summed E-state index contributed by atoms with van der Waals surface area (Å²) in [7, 11) is -5.24. The van der Waals surface area contributed by atoms with Crippen molar-refractivity contribution >= 4 is 32.0 Å². The van der Waals surface area contributed by atoms with E-state index in [0.29, 0.717) is 6.42 Å². The van der Waals surface area contributed by atoms with Gasteiger partial charge in [0.15, 0.2) is 0 Å². The molecule has 51 heavy (non-hydrogen) atoms. The van der Waals surface area contributed by atoms with E-state index >= 15 is 0 Å². The summed E-state index contributed by atoms with van der Waals surface area (Å²) < 4.78 is 43.9. The highest BCUT2D eigenvalue weighted by Gasteiger charge is 2.52. The summed E-state index contributed by atoms with van der Waals surface area (Å²) >= 11 is 0. The maximum Gasteiger partial charge on any atom is 0.305 e. The van der Waals surface area contributed by atoms with E-state index in [1.807, 2.05) is 95.7 Å². The predicted octanol–water partition coefficient (Wildman–Crippen LogP) is 8.69. The van der Waals surface area contributed by atoms with Gasteiger partial charge in [0.2, 0.25) is 7.37 Å². The molecule has 1 heterocycles. The molecule has 0 aliphatic heterocycles. The zero-order chi connectivity index (χ0) is 36.8. The number of hydrogen-bond donors (Lipinski definition) is 1. The van der Waals surface area contributed by atoms with Gasteiger partial charge < -0.3 is 14.1 Å². The predicted molar refractivity (Wildman–Crippen MR) is 206 cm³/mol. The van der Waals surface area contributed by atoms with Gasteiger partial charge >= 0.3 is 5.97 Å². The van der Waals surface area contributed by atoms with Crippen molar-refractivity contribution in [3.05, 3.63) is 132 Å². The molecule has 5 rings (SSSR count). The van der Waals surface area contributed by atoms with E-state index in [1.54, 1.807) is 12.1 Å². The molecule has 0 saturated heterocycles. The molecule has 1 N–H and O–H groups in total. The van der Waals surface area contributed by atoms with Crippen LogP contribution in [0.3, 0.4) is 0 Å². The van der Waals surface area contributed by atoms with Crippen LogP contribution in [-0.4, -0.2) is 54.7 Å². The Labute approximate surface area is 302 Å². The number of para-hydroxylation sites is 1. The molecule has 0 aliphatic rings. The number of carboxylic acids is 1. The number of aromatic nitrogens is 2. The van der Waals surface area contributed by atoms with Crippen LogP contribution in [0.25, 0.3) is 16.9 Å². The van der Waals surface area contributed by atoms with Crippen molar-refractivity contribution in [3.8, 4) is 16.9 Å². The Bertz CT molecular complexity index is 1910. The molecule has 1 unspecified atom stereocenters. The standard InChI is InChI=1S/C41H48FN2O5PSi/c1-30(2)39-37(40(31-22-24-32(42)25-23-31)44(43-39)33-16-10-7-11-17-33)26-27-50(47,48-6)29-34(28-38(45)46)49-51(41(3,4)5,35-18-12-8-13-19-35)36-20-14-9-15-21-36/h7-25,30,34H,26-29H2,1-6H3,(H,45,46)/t34-,50?/m0/s1. The van der Waals surface area contributed by atoms with Crippen LogP contribution in [0.15, 0.2) is 115 Å². The van der Waals surface area contributed by atoms with E-state index in [0.717, 1.165) is 38.6 Å². The summed E-state index contributed by atoms with van der Waals surface area (Å²) in [5, 5.41) is 16.8. The zero-order valence-corrected chi connectivity index (χ0v) is 32.1. The molecule has 0 bridgehead atoms. The van der Waals surface area contributed by atoms with Crippen LogP contribution in [0.5, 0.6) is 0 Å². The van der Waals surface area contributed by atoms with Crippen LogP contribution in [0.1, 0.15) is 58.2 Å². The number of halogens is 1. The van der Waals surface area contributed by atoms with E-state index in [1.165, 1.54) is 19.2 Å². The van der Waals surface area contributed by atoms with Gasteiger partial charge in [-0.25, -0.2) is 9.07 Å². The van der Waals surface area contributed by atoms with E-state index in [9.17, 15) is 18.9 Å². The maximum absolute atomic E-state index is 14.8. The molecule has 268 valence electrons. The lowest BCUT2D eigenvalue weighted by Crippen LogP contribution is -2.68. The van der Waals surface area contributed by atoms with Gasteiger partial charge in [-0.15, -0.1) is 0 Å². The van der Waals surface area contributed by atoms with Crippen molar-refractivity contribution in [2.75, 3.05) is 19.4 Å². The normalized spacial score (nSPS) is 14.0. The van der Waals surface area contributed by atoms with E-state index in [2.05, 4.69) is 34.6 Å². The summed E-state index contributed by atoms with van der Waals surface area (Å²) in [5.41, 5.74) is 4.14. The molecule has 10 heteroatoms. The Morgan fingerprint density at radius 1 is 0.882 bits per heavy atom. The van der Waals surface area contributed by atoms with Crippen molar-refractivity contribution in [2.45, 2.75) is 64.5 Å². The van der Waals surface area contributed by atoms with Gasteiger partial charge in [0.25, 0.3) is 8.32 Å². The number of hydrogen-bond acceptors (Lipinski definition) is 5. The van der Waals surface area contributed by atoms with Gasteiger partial charge in [0.1, 0.15) is 5.82 Å². The Morgan fingerprint density at radius 3 is 1.88 bits per heavy atom. The summed E-state index contributed by atoms with van der Waals surface area (Å²) in [4.78, 5) is 12.4. The number of benzene rings is 4. The highest BCUT2D eigenvalue weighted by atomic mass is 31.2. The maximum atomic E-state index is 14.8. The lowest BCUT2D eigenvalue weighted by molar-refractivity contribution is -0.138. The highest BCUT2D eigenvalue weighted by Crippen LogP contribution is 2.50. The second kappa shape index (κ2) is 16.0. The molecule has 0 amide bonds. The van der Waals surface area contributed by atoms with Crippen molar-refractivity contribution in [3.63, 3.8) is 0 Å². The third kappa shape index (κ3) is 8.50. The van der Waals surface area contributed by atoms with Crippen LogP contribution in [0.4, 0.5) is 4.39 Å². The fourth-order valence-electron chi connectivity index (χ4n) is 6.97. The number of carboxylic acid groups (broad SMARTS) is 1. The average Bonchev–Trinajstić information content (AvgIpc) is 3.50. The molecule has 4 aromatic carbocycles. The monoisotopic (exact) mass is 726 g/mol. The molecule has 2 atom stereocenters. The Balaban J connectivity index is 1.56. The Morgan fingerprint density at radius 2 is 1.41 bits per heavy atom. The first-order valence-electron chi connectivity index (χ1n) is 17.4. The molecule has 7 nitrogen and oxygen atoms in total. The zero-order valence-electron chi connectivity index (χ0n) is 30.3. The second-order valence-electron chi connectivity index (χ2n) is 14.3. The molecule has 0 spiro atoms. The van der Waals surface area contributed by atoms with Crippen molar-refractivity contribution in [1.29, 1.82) is 0 Å². The van der Waals surface area contributed by atoms with Gasteiger partial charge in [-0.3, -0.25) is 9.36 Å². The SMILES string of the molecule is COP(=O)(CCc1c(C(C)C)nn(-c2ccccc2)c1-c1ccc(F)cc1)C[C@H](CC(=O)O)O[Si](c1ccccc1)(c1ccccc1)C(C)(C)C. The van der Waals surface area contributed by atoms with Crippen LogP contribution < -0.4 is 10.4 Å². The van der Waals surface area contributed by atoms with E-state index in [-0.39, 0.29) is 30.5 Å². The quantitative estimate of drug-likeness (QED) is 0.0858. The van der Waals surface area contributed by atoms with Gasteiger partial charge in [0.05, 0.1) is 35.8 Å². The van der Waals surface area contributed by atoms with E-state index in [4.69, 9.17) is 14.0 Å². The van der Waals surface area contributed by atoms with Crippen molar-refractivity contribution < 1.29 is 27.8 Å². The first-order chi connectivity index (χ1) is 24.3. The average molecular weight is 727 g/mol. The molecule has 5 aromatic rings. The molecule has 0 fully saturated rings. The minimum Gasteiger partial charge on any atom is -0.481 e. The summed E-state index contributed by atoms with van der Waals surface area (Å²) in [5.74, 6) is -1.35. The Kier molecular flexibility index (Phi) is 12.0. The van der Waals surface area contributed by atoms with Gasteiger partial charge in [-0.2, -0.15) is 5.10 Å². The number of nitrogens with zero attached hydrogens (tertiary/aromatic N) is 2. The first-order valence-corrected chi connectivity index (χ1v) is 21.3. The smallest absolute Gasteiger partial charge is 0.305 e. The molecular formula is C41H48FN2O5PSi. The fraction of sp³-hybridized carbons (Fsp3) is 0.317. The fourth-order valence-corrected chi connectivity index (χ4v) is 13.7. The van der Waals surface area contributed by atoms with Crippen LogP contribution in [0.2, 0.25) is 5.04 Å². The topological polar surface area (TPSA) is 90.7 Å². The highest BCUT2D eigenvalue weighted by molar-refractivity contribution is 7.59. The van der Waals surface area contributed by atoms with Gasteiger partial charge in [0, 0.05) is 24.4 Å². The number of aliphatic carboxylic acids is 1. The van der Waals surface area contributed by atoms with Gasteiger partial charge in [-0.1, -0.05) is 113 Å². The second-order valence-corrected chi connectivity index (χ2v) is 21.3. The largest absolute Gasteiger partial charge is 0.481 e. The number of carbonyl (C=O) groups is 1. The first kappa shape index (κ1) is 38.1. The summed E-state index contributed by atoms with van der Waals surface area (Å²) in [6.07, 6.45) is -0.819. The molecule has 0 saturated carbocycles. The molecule has 0 aliphatic carbocycles. The molecular weight excluding hydrogens is 679 g/mol. The van der Waals surface area contributed by atoms with Crippen LogP contribution in [0, 0.1) is 5.82 Å². The lowest BCUT2D eigenvalue weighted by Gasteiger charge is -2.45. The summed E-state index contributed by atoms with van der Waals surface area (Å²) in [6.45, 7) is 10.5. The third-order valence-electron chi connectivity index (χ3n) is 9.36. The number of rotatable bonds is 15. The molecule has 0 radical (unpaired) electrons. The van der Waals surface area contributed by atoms with Crippen molar-refractivity contribution in [2.24, 2.45) is 0 Å². The lowest BCUT2D eigenvalue weighted by atomic mass is 9.98.